The number of fused-ring (bicyclic) bond motifs is 1. The number of carbonyl (C=O) groups is 1. The Morgan fingerprint density at radius 1 is 1.38 bits per heavy atom. The van der Waals surface area contributed by atoms with Crippen LogP contribution in [0.5, 0.6) is 0 Å². The lowest BCUT2D eigenvalue weighted by atomic mass is 9.79. The number of esters is 1. The summed E-state index contributed by atoms with van der Waals surface area (Å²) < 4.78 is 5.65. The third-order valence-corrected chi connectivity index (χ3v) is 4.67. The Morgan fingerprint density at radius 2 is 2.25 bits per heavy atom. The van der Waals surface area contributed by atoms with Crippen molar-refractivity contribution in [2.24, 2.45) is 17.8 Å². The molecule has 1 saturated heterocycles. The summed E-state index contributed by atoms with van der Waals surface area (Å²) in [7, 11) is 0. The van der Waals surface area contributed by atoms with Gasteiger partial charge in [-0.25, -0.2) is 0 Å². The molecule has 0 spiro atoms. The molecule has 2 nitrogen and oxygen atoms in total. The molecule has 0 unspecified atom stereocenters. The number of ether oxygens (including phenoxy) is 1. The molecule has 3 aliphatic rings. The molecule has 2 fully saturated rings. The van der Waals surface area contributed by atoms with Crippen molar-refractivity contribution >= 4 is 5.97 Å². The first-order valence-corrected chi connectivity index (χ1v) is 6.64. The lowest BCUT2D eigenvalue weighted by molar-refractivity contribution is -0.159. The van der Waals surface area contributed by atoms with Crippen LogP contribution in [-0.4, -0.2) is 12.1 Å². The van der Waals surface area contributed by atoms with Crippen LogP contribution in [0.15, 0.2) is 11.6 Å². The van der Waals surface area contributed by atoms with E-state index in [-0.39, 0.29) is 12.1 Å². The van der Waals surface area contributed by atoms with E-state index in [1.807, 2.05) is 0 Å². The number of hydrogen-bond acceptors (Lipinski definition) is 2. The molecule has 0 aromatic rings. The highest BCUT2D eigenvalue weighted by molar-refractivity contribution is 5.71. The summed E-state index contributed by atoms with van der Waals surface area (Å²) in [6, 6.07) is 0. The van der Waals surface area contributed by atoms with Gasteiger partial charge in [0.1, 0.15) is 6.10 Å². The number of carbonyl (C=O) groups excluding carboxylic acids is 1. The molecule has 16 heavy (non-hydrogen) atoms. The lowest BCUT2D eigenvalue weighted by Crippen LogP contribution is -2.39. The lowest BCUT2D eigenvalue weighted by Gasteiger charge is -2.36. The van der Waals surface area contributed by atoms with Gasteiger partial charge in [0.05, 0.1) is 0 Å². The molecule has 1 saturated carbocycles. The molecule has 0 amide bonds. The zero-order valence-corrected chi connectivity index (χ0v) is 9.95. The summed E-state index contributed by atoms with van der Waals surface area (Å²) in [5.74, 6) is 1.97. The molecule has 0 aromatic heterocycles. The smallest absolute Gasteiger partial charge is 0.306 e. The average Bonchev–Trinajstić information content (AvgIpc) is 2.87. The normalized spacial score (nSPS) is 42.8. The van der Waals surface area contributed by atoms with E-state index in [4.69, 9.17) is 4.74 Å². The SMILES string of the molecule is C[C@@H]1CC[C@H]2CC(=O)O[C@@H](C3=CCCC3)[C@H]21. The summed E-state index contributed by atoms with van der Waals surface area (Å²) >= 11 is 0. The zero-order valence-electron chi connectivity index (χ0n) is 9.95. The summed E-state index contributed by atoms with van der Waals surface area (Å²) in [5, 5.41) is 0. The van der Waals surface area contributed by atoms with Crippen molar-refractivity contribution in [3.8, 4) is 0 Å². The molecule has 2 aliphatic carbocycles. The second kappa shape index (κ2) is 3.90. The van der Waals surface area contributed by atoms with E-state index in [1.165, 1.54) is 31.3 Å². The van der Waals surface area contributed by atoms with Crippen LogP contribution >= 0.6 is 0 Å². The van der Waals surface area contributed by atoms with Gasteiger partial charge in [0.2, 0.25) is 0 Å². The maximum Gasteiger partial charge on any atom is 0.306 e. The first-order chi connectivity index (χ1) is 7.75. The third-order valence-electron chi connectivity index (χ3n) is 4.67. The van der Waals surface area contributed by atoms with Gasteiger partial charge in [0, 0.05) is 12.3 Å². The summed E-state index contributed by atoms with van der Waals surface area (Å²) in [4.78, 5) is 11.6. The maximum absolute atomic E-state index is 11.6. The highest BCUT2D eigenvalue weighted by atomic mass is 16.5. The van der Waals surface area contributed by atoms with Gasteiger partial charge in [-0.3, -0.25) is 4.79 Å². The standard InChI is InChI=1S/C14H20O2/c1-9-6-7-11-8-12(15)16-14(13(9)11)10-4-2-3-5-10/h4,9,11,13-14H,2-3,5-8H2,1H3/t9-,11+,13+,14+/m1/s1. The number of cyclic esters (lactones) is 1. The number of allylic oxidation sites excluding steroid dienone is 1. The Bertz CT molecular complexity index is 332. The van der Waals surface area contributed by atoms with Crippen molar-refractivity contribution in [3.63, 3.8) is 0 Å². The highest BCUT2D eigenvalue weighted by Crippen LogP contribution is 2.47. The van der Waals surface area contributed by atoms with Crippen LogP contribution in [0.25, 0.3) is 0 Å². The number of rotatable bonds is 1. The van der Waals surface area contributed by atoms with E-state index in [9.17, 15) is 4.79 Å². The van der Waals surface area contributed by atoms with Crippen molar-refractivity contribution in [3.05, 3.63) is 11.6 Å². The van der Waals surface area contributed by atoms with Gasteiger partial charge >= 0.3 is 5.97 Å². The minimum atomic E-state index is 0.0353. The Hall–Kier alpha value is -0.790. The second-order valence-electron chi connectivity index (χ2n) is 5.68. The molecular formula is C14H20O2. The van der Waals surface area contributed by atoms with E-state index in [0.29, 0.717) is 18.3 Å². The molecule has 2 heteroatoms. The zero-order chi connectivity index (χ0) is 11.1. The average molecular weight is 220 g/mol. The van der Waals surface area contributed by atoms with Gasteiger partial charge in [0.25, 0.3) is 0 Å². The van der Waals surface area contributed by atoms with Crippen molar-refractivity contribution in [2.75, 3.05) is 0 Å². The van der Waals surface area contributed by atoms with Gasteiger partial charge < -0.3 is 4.74 Å². The predicted octanol–water partition coefficient (Wildman–Crippen LogP) is 3.07. The van der Waals surface area contributed by atoms with E-state index >= 15 is 0 Å². The fourth-order valence-corrected chi connectivity index (χ4v) is 3.87. The van der Waals surface area contributed by atoms with Crippen LogP contribution in [0.3, 0.4) is 0 Å². The van der Waals surface area contributed by atoms with Crippen molar-refractivity contribution in [1.29, 1.82) is 0 Å². The van der Waals surface area contributed by atoms with E-state index in [1.54, 1.807) is 0 Å². The van der Waals surface area contributed by atoms with Crippen molar-refractivity contribution in [1.82, 2.24) is 0 Å². The minimum Gasteiger partial charge on any atom is -0.457 e. The van der Waals surface area contributed by atoms with Crippen molar-refractivity contribution < 1.29 is 9.53 Å². The summed E-state index contributed by atoms with van der Waals surface area (Å²) in [6.07, 6.45) is 9.18. The molecule has 4 atom stereocenters. The van der Waals surface area contributed by atoms with Crippen LogP contribution in [0.4, 0.5) is 0 Å². The summed E-state index contributed by atoms with van der Waals surface area (Å²) in [6.45, 7) is 2.33. The predicted molar refractivity (Wildman–Crippen MR) is 61.8 cm³/mol. The van der Waals surface area contributed by atoms with Crippen molar-refractivity contribution in [2.45, 2.75) is 51.6 Å². The number of hydrogen-bond donors (Lipinski definition) is 0. The van der Waals surface area contributed by atoms with Gasteiger partial charge in [-0.2, -0.15) is 0 Å². The summed E-state index contributed by atoms with van der Waals surface area (Å²) in [5.41, 5.74) is 1.41. The first-order valence-electron chi connectivity index (χ1n) is 6.64. The Balaban J connectivity index is 1.86. The molecule has 3 rings (SSSR count). The fraction of sp³-hybridized carbons (Fsp3) is 0.786. The first kappa shape index (κ1) is 10.4. The van der Waals surface area contributed by atoms with E-state index < -0.39 is 0 Å². The van der Waals surface area contributed by atoms with Gasteiger partial charge in [-0.15, -0.1) is 0 Å². The van der Waals surface area contributed by atoms with Gasteiger partial charge in [0.15, 0.2) is 0 Å². The molecular weight excluding hydrogens is 200 g/mol. The fourth-order valence-electron chi connectivity index (χ4n) is 3.87. The van der Waals surface area contributed by atoms with Crippen LogP contribution in [-0.2, 0) is 9.53 Å². The van der Waals surface area contributed by atoms with Crippen LogP contribution in [0.1, 0.15) is 45.4 Å². The molecule has 88 valence electrons. The van der Waals surface area contributed by atoms with Crippen LogP contribution in [0.2, 0.25) is 0 Å². The molecule has 0 bridgehead atoms. The monoisotopic (exact) mass is 220 g/mol. The van der Waals surface area contributed by atoms with Crippen LogP contribution in [0, 0.1) is 17.8 Å². The van der Waals surface area contributed by atoms with Gasteiger partial charge in [-0.05, 0) is 49.5 Å². The Labute approximate surface area is 97.1 Å². The largest absolute Gasteiger partial charge is 0.457 e. The molecule has 0 aromatic carbocycles. The quantitative estimate of drug-likeness (QED) is 0.501. The highest BCUT2D eigenvalue weighted by Gasteiger charge is 2.46. The Morgan fingerprint density at radius 3 is 3.00 bits per heavy atom. The minimum absolute atomic E-state index is 0.0353. The second-order valence-corrected chi connectivity index (χ2v) is 5.68. The molecule has 1 heterocycles. The molecule has 0 N–H and O–H groups in total. The molecule has 0 radical (unpaired) electrons. The van der Waals surface area contributed by atoms with Gasteiger partial charge in [-0.1, -0.05) is 13.0 Å². The topological polar surface area (TPSA) is 26.3 Å². The third kappa shape index (κ3) is 1.59. The van der Waals surface area contributed by atoms with Crippen LogP contribution < -0.4 is 0 Å². The Kier molecular flexibility index (Phi) is 2.53. The maximum atomic E-state index is 11.6. The van der Waals surface area contributed by atoms with E-state index in [0.717, 1.165) is 12.3 Å². The van der Waals surface area contributed by atoms with E-state index in [2.05, 4.69) is 13.0 Å². The molecule has 1 aliphatic heterocycles.